The molecule has 1 N–H and O–H groups in total. The van der Waals surface area contributed by atoms with E-state index in [1.807, 2.05) is 39.0 Å². The minimum Gasteiger partial charge on any atom is -0.356 e. The molecular weight excluding hydrogens is 354 g/mol. The molecule has 0 atom stereocenters. The smallest absolute Gasteiger partial charge is 0.264 e. The van der Waals surface area contributed by atoms with Gasteiger partial charge in [0.1, 0.15) is 5.39 Å². The molecule has 2 heterocycles. The van der Waals surface area contributed by atoms with E-state index >= 15 is 0 Å². The Morgan fingerprint density at radius 3 is 2.64 bits per heavy atom. The van der Waals surface area contributed by atoms with Gasteiger partial charge in [0.25, 0.3) is 5.56 Å². The highest BCUT2D eigenvalue weighted by molar-refractivity contribution is 5.76. The molecule has 2 aromatic heterocycles. The average molecular weight is 381 g/mol. The normalized spacial score (nSPS) is 11.7. The van der Waals surface area contributed by atoms with E-state index in [-0.39, 0.29) is 23.4 Å². The molecule has 0 saturated heterocycles. The molecule has 0 saturated carbocycles. The third-order valence-electron chi connectivity index (χ3n) is 4.58. The van der Waals surface area contributed by atoms with Crippen molar-refractivity contribution in [1.29, 1.82) is 0 Å². The fraction of sp³-hybridized carbons (Fsp3) is 0.429. The zero-order valence-electron chi connectivity index (χ0n) is 16.7. The van der Waals surface area contributed by atoms with E-state index in [0.29, 0.717) is 24.1 Å². The van der Waals surface area contributed by atoms with Gasteiger partial charge in [0.2, 0.25) is 5.91 Å². The number of benzene rings is 1. The van der Waals surface area contributed by atoms with E-state index in [1.54, 1.807) is 10.9 Å². The maximum atomic E-state index is 12.6. The number of carbonyl (C=O) groups excluding carboxylic acids is 1. The zero-order chi connectivity index (χ0) is 20.1. The molecule has 7 heteroatoms. The maximum Gasteiger partial charge on any atom is 0.264 e. The molecule has 0 aliphatic heterocycles. The molecule has 3 aromatic rings. The quantitative estimate of drug-likeness (QED) is 0.638. The van der Waals surface area contributed by atoms with Gasteiger partial charge < -0.3 is 5.32 Å². The number of amides is 1. The van der Waals surface area contributed by atoms with Gasteiger partial charge >= 0.3 is 0 Å². The van der Waals surface area contributed by atoms with Crippen LogP contribution in [0.5, 0.6) is 0 Å². The number of carbonyl (C=O) groups is 1. The summed E-state index contributed by atoms with van der Waals surface area (Å²) < 4.78 is 3.22. The van der Waals surface area contributed by atoms with Crippen LogP contribution in [0, 0.1) is 0 Å². The summed E-state index contributed by atoms with van der Waals surface area (Å²) in [6, 6.07) is 10.2. The summed E-state index contributed by atoms with van der Waals surface area (Å²) in [5, 5.41) is 7.69. The highest BCUT2D eigenvalue weighted by Gasteiger charge is 2.19. The number of nitrogens with one attached hydrogen (secondary N) is 1. The van der Waals surface area contributed by atoms with Crippen LogP contribution in [0.3, 0.4) is 0 Å². The molecule has 0 unspecified atom stereocenters. The minimum atomic E-state index is -0.257. The Balaban J connectivity index is 1.53. The molecule has 1 amide bonds. The van der Waals surface area contributed by atoms with Crippen LogP contribution in [-0.2, 0) is 23.3 Å². The van der Waals surface area contributed by atoms with Gasteiger partial charge in [-0.05, 0) is 39.2 Å². The predicted molar refractivity (Wildman–Crippen MR) is 109 cm³/mol. The second-order valence-electron chi connectivity index (χ2n) is 7.90. The molecule has 0 aliphatic carbocycles. The lowest BCUT2D eigenvalue weighted by Crippen LogP contribution is -2.29. The van der Waals surface area contributed by atoms with Gasteiger partial charge in [-0.15, -0.1) is 0 Å². The SMILES string of the molecule is CC(C)(C)n1ncc2c(=O)n(CCC(=O)NCCCc3ccccc3)cnc21. The van der Waals surface area contributed by atoms with Gasteiger partial charge in [-0.3, -0.25) is 14.2 Å². The van der Waals surface area contributed by atoms with Gasteiger partial charge in [0.05, 0.1) is 18.1 Å². The lowest BCUT2D eigenvalue weighted by molar-refractivity contribution is -0.121. The molecule has 3 rings (SSSR count). The maximum absolute atomic E-state index is 12.6. The largest absolute Gasteiger partial charge is 0.356 e. The lowest BCUT2D eigenvalue weighted by Gasteiger charge is -2.19. The second-order valence-corrected chi connectivity index (χ2v) is 7.90. The molecule has 0 aliphatic rings. The highest BCUT2D eigenvalue weighted by atomic mass is 16.1. The van der Waals surface area contributed by atoms with Crippen molar-refractivity contribution >= 4 is 16.9 Å². The van der Waals surface area contributed by atoms with E-state index in [9.17, 15) is 9.59 Å². The van der Waals surface area contributed by atoms with Crippen LogP contribution in [0.25, 0.3) is 11.0 Å². The summed E-state index contributed by atoms with van der Waals surface area (Å²) >= 11 is 0. The van der Waals surface area contributed by atoms with Crippen LogP contribution in [-0.4, -0.2) is 31.8 Å². The Morgan fingerprint density at radius 1 is 1.18 bits per heavy atom. The van der Waals surface area contributed by atoms with Gasteiger partial charge in [-0.25, -0.2) is 9.67 Å². The summed E-state index contributed by atoms with van der Waals surface area (Å²) in [7, 11) is 0. The van der Waals surface area contributed by atoms with E-state index in [0.717, 1.165) is 12.8 Å². The van der Waals surface area contributed by atoms with Crippen LogP contribution in [0.15, 0.2) is 47.7 Å². The number of fused-ring (bicyclic) bond motifs is 1. The molecule has 1 aromatic carbocycles. The van der Waals surface area contributed by atoms with E-state index in [1.165, 1.54) is 16.5 Å². The minimum absolute atomic E-state index is 0.0644. The van der Waals surface area contributed by atoms with Crippen LogP contribution in [0.2, 0.25) is 0 Å². The van der Waals surface area contributed by atoms with Gasteiger partial charge in [-0.1, -0.05) is 30.3 Å². The molecule has 7 nitrogen and oxygen atoms in total. The summed E-state index contributed by atoms with van der Waals surface area (Å²) in [6.07, 6.45) is 5.10. The van der Waals surface area contributed by atoms with Gasteiger partial charge in [0, 0.05) is 19.5 Å². The van der Waals surface area contributed by atoms with E-state index < -0.39 is 0 Å². The number of hydrogen-bond acceptors (Lipinski definition) is 4. The summed E-state index contributed by atoms with van der Waals surface area (Å²) in [5.41, 5.74) is 1.41. The second kappa shape index (κ2) is 8.37. The third kappa shape index (κ3) is 4.65. The van der Waals surface area contributed by atoms with E-state index in [4.69, 9.17) is 0 Å². The first kappa shape index (κ1) is 19.8. The number of rotatable bonds is 7. The first-order valence-electron chi connectivity index (χ1n) is 9.60. The van der Waals surface area contributed by atoms with Crippen LogP contribution < -0.4 is 10.9 Å². The fourth-order valence-corrected chi connectivity index (χ4v) is 3.07. The number of nitrogens with zero attached hydrogens (tertiary/aromatic N) is 4. The Hall–Kier alpha value is -2.96. The van der Waals surface area contributed by atoms with Crippen molar-refractivity contribution in [2.24, 2.45) is 0 Å². The van der Waals surface area contributed by atoms with Crippen molar-refractivity contribution in [3.8, 4) is 0 Å². The lowest BCUT2D eigenvalue weighted by atomic mass is 10.1. The third-order valence-corrected chi connectivity index (χ3v) is 4.58. The van der Waals surface area contributed by atoms with Crippen molar-refractivity contribution < 1.29 is 4.79 Å². The van der Waals surface area contributed by atoms with Gasteiger partial charge in [0.15, 0.2) is 5.65 Å². The first-order valence-corrected chi connectivity index (χ1v) is 9.60. The number of hydrogen-bond donors (Lipinski definition) is 1. The number of aryl methyl sites for hydroxylation is 2. The van der Waals surface area contributed by atoms with E-state index in [2.05, 4.69) is 27.5 Å². The molecule has 0 fully saturated rings. The first-order chi connectivity index (χ1) is 13.4. The molecule has 0 radical (unpaired) electrons. The highest BCUT2D eigenvalue weighted by Crippen LogP contribution is 2.17. The summed E-state index contributed by atoms with van der Waals surface area (Å²) in [4.78, 5) is 29.1. The zero-order valence-corrected chi connectivity index (χ0v) is 16.7. The number of aromatic nitrogens is 4. The standard InChI is InChI=1S/C21H27N5O2/c1-21(2,3)26-19-17(14-24-26)20(28)25(15-23-19)13-11-18(27)22-12-7-10-16-8-5-4-6-9-16/h4-6,8-9,14-15H,7,10-13H2,1-3H3,(H,22,27). The molecule has 28 heavy (non-hydrogen) atoms. The topological polar surface area (TPSA) is 81.8 Å². The molecular formula is C21H27N5O2. The Morgan fingerprint density at radius 2 is 1.93 bits per heavy atom. The molecule has 0 bridgehead atoms. The Labute approximate surface area is 164 Å². The predicted octanol–water partition coefficient (Wildman–Crippen LogP) is 2.49. The molecule has 0 spiro atoms. The van der Waals surface area contributed by atoms with Crippen LogP contribution in [0.4, 0.5) is 0 Å². The average Bonchev–Trinajstić information content (AvgIpc) is 3.11. The monoisotopic (exact) mass is 381 g/mol. The molecule has 148 valence electrons. The van der Waals surface area contributed by atoms with Crippen molar-refractivity contribution in [2.45, 2.75) is 52.1 Å². The van der Waals surface area contributed by atoms with Gasteiger partial charge in [-0.2, -0.15) is 5.10 Å². The Bertz CT molecular complexity index is 999. The van der Waals surface area contributed by atoms with Crippen LogP contribution in [0.1, 0.15) is 39.2 Å². The summed E-state index contributed by atoms with van der Waals surface area (Å²) in [5.74, 6) is -0.0644. The van der Waals surface area contributed by atoms with Crippen molar-refractivity contribution in [3.05, 3.63) is 58.8 Å². The Kier molecular flexibility index (Phi) is 5.92. The van der Waals surface area contributed by atoms with Crippen molar-refractivity contribution in [1.82, 2.24) is 24.6 Å². The summed E-state index contributed by atoms with van der Waals surface area (Å²) in [6.45, 7) is 6.95. The van der Waals surface area contributed by atoms with Crippen molar-refractivity contribution in [2.75, 3.05) is 6.54 Å². The van der Waals surface area contributed by atoms with Crippen molar-refractivity contribution in [3.63, 3.8) is 0 Å². The van der Waals surface area contributed by atoms with Crippen LogP contribution >= 0.6 is 0 Å². The fourth-order valence-electron chi connectivity index (χ4n) is 3.07.